The van der Waals surface area contributed by atoms with Crippen molar-refractivity contribution in [3.05, 3.63) is 21.7 Å². The van der Waals surface area contributed by atoms with Crippen molar-refractivity contribution in [2.24, 2.45) is 5.73 Å². The molecule has 1 atom stereocenters. The van der Waals surface area contributed by atoms with Crippen molar-refractivity contribution in [2.75, 3.05) is 13.2 Å². The molecule has 0 aromatic heterocycles. The third-order valence-electron chi connectivity index (χ3n) is 2.79. The van der Waals surface area contributed by atoms with Gasteiger partial charge in [0.25, 0.3) is 0 Å². The topological polar surface area (TPSA) is 110 Å². The summed E-state index contributed by atoms with van der Waals surface area (Å²) < 4.78 is 5.74. The highest BCUT2D eigenvalue weighted by atomic mass is 79.9. The van der Waals surface area contributed by atoms with Crippen molar-refractivity contribution in [1.82, 2.24) is 0 Å². The predicted molar refractivity (Wildman–Crippen MR) is 67.3 cm³/mol. The second-order valence-corrected chi connectivity index (χ2v) is 4.75. The fourth-order valence-electron chi connectivity index (χ4n) is 1.73. The lowest BCUT2D eigenvalue weighted by Gasteiger charge is -2.34. The van der Waals surface area contributed by atoms with Crippen LogP contribution in [0.15, 0.2) is 21.7 Å². The normalized spacial score (nSPS) is 23.8. The monoisotopic (exact) mass is 319 g/mol. The molecular weight excluding hydrogens is 306 g/mol. The van der Waals surface area contributed by atoms with E-state index in [0.29, 0.717) is 10.1 Å². The van der Waals surface area contributed by atoms with E-state index in [-0.39, 0.29) is 25.1 Å². The number of nitrogens with two attached hydrogens (primary N) is 1. The lowest BCUT2D eigenvalue weighted by Crippen LogP contribution is -2.46. The third-order valence-corrected chi connectivity index (χ3v) is 3.61. The average molecular weight is 320 g/mol. The Hall–Kier alpha value is -1.18. The van der Waals surface area contributed by atoms with Crippen molar-refractivity contribution >= 4 is 27.9 Å². The minimum absolute atomic E-state index is 0.0214. The molecule has 4 N–H and O–H groups in total. The van der Waals surface area contributed by atoms with Gasteiger partial charge < -0.3 is 20.7 Å². The number of rotatable bonds is 5. The summed E-state index contributed by atoms with van der Waals surface area (Å²) in [5, 5.41) is 18.4. The van der Waals surface area contributed by atoms with E-state index in [4.69, 9.17) is 15.6 Å². The minimum Gasteiger partial charge on any atom is -0.479 e. The van der Waals surface area contributed by atoms with Crippen LogP contribution in [0.4, 0.5) is 0 Å². The van der Waals surface area contributed by atoms with Crippen molar-refractivity contribution in [3.8, 4) is 0 Å². The number of hydrogen-bond acceptors (Lipinski definition) is 4. The fraction of sp³-hybridized carbons (Fsp3) is 0.455. The van der Waals surface area contributed by atoms with Crippen LogP contribution in [-0.2, 0) is 14.3 Å². The highest BCUT2D eigenvalue weighted by Gasteiger charge is 2.46. The maximum atomic E-state index is 11.5. The number of hydrogen-bond donors (Lipinski definition) is 3. The minimum atomic E-state index is -1.67. The number of carboxylic acid groups (broad SMARTS) is 2. The summed E-state index contributed by atoms with van der Waals surface area (Å²) in [4.78, 5) is 22.5. The maximum absolute atomic E-state index is 11.5. The van der Waals surface area contributed by atoms with Gasteiger partial charge in [-0.1, -0.05) is 15.9 Å². The summed E-state index contributed by atoms with van der Waals surface area (Å²) in [7, 11) is 0. The number of carbonyl (C=O) groups is 2. The van der Waals surface area contributed by atoms with Crippen LogP contribution in [0.2, 0.25) is 0 Å². The first-order valence-electron chi connectivity index (χ1n) is 5.23. The summed E-state index contributed by atoms with van der Waals surface area (Å²) in [6.07, 6.45) is 1.17. The van der Waals surface area contributed by atoms with Crippen LogP contribution < -0.4 is 5.73 Å². The Bertz CT molecular complexity index is 443. The molecule has 0 aromatic rings. The van der Waals surface area contributed by atoms with Crippen LogP contribution in [0.3, 0.4) is 0 Å². The lowest BCUT2D eigenvalue weighted by molar-refractivity contribution is -0.160. The number of ether oxygens (including phenoxy) is 1. The van der Waals surface area contributed by atoms with E-state index in [1.807, 2.05) is 0 Å². The second kappa shape index (κ2) is 5.64. The molecule has 0 heterocycles. The molecule has 1 rings (SSSR count). The molecule has 0 fully saturated rings. The van der Waals surface area contributed by atoms with Gasteiger partial charge in [-0.05, 0) is 18.6 Å². The van der Waals surface area contributed by atoms with Crippen molar-refractivity contribution in [3.63, 3.8) is 0 Å². The SMILES string of the molecule is CC1=C(Br)C=C(C(=O)O)CC1(OCCN)C(=O)O. The van der Waals surface area contributed by atoms with Gasteiger partial charge in [-0.25, -0.2) is 9.59 Å². The van der Waals surface area contributed by atoms with Gasteiger partial charge in [-0.15, -0.1) is 0 Å². The van der Waals surface area contributed by atoms with Crippen LogP contribution in [0, 0.1) is 0 Å². The van der Waals surface area contributed by atoms with E-state index in [9.17, 15) is 14.7 Å². The molecule has 7 heteroatoms. The lowest BCUT2D eigenvalue weighted by atomic mass is 9.83. The molecule has 6 nitrogen and oxygen atoms in total. The molecule has 0 bridgehead atoms. The smallest absolute Gasteiger partial charge is 0.340 e. The Labute approximate surface area is 112 Å². The van der Waals surface area contributed by atoms with Gasteiger partial charge in [-0.2, -0.15) is 0 Å². The van der Waals surface area contributed by atoms with E-state index < -0.39 is 17.5 Å². The van der Waals surface area contributed by atoms with Crippen LogP contribution in [0.5, 0.6) is 0 Å². The molecule has 0 aromatic carbocycles. The Balaban J connectivity index is 3.24. The highest BCUT2D eigenvalue weighted by Crippen LogP contribution is 2.38. The van der Waals surface area contributed by atoms with Crippen molar-refractivity contribution in [2.45, 2.75) is 18.9 Å². The average Bonchev–Trinajstić information content (AvgIpc) is 2.30. The summed E-state index contributed by atoms with van der Waals surface area (Å²) >= 11 is 3.16. The quantitative estimate of drug-likeness (QED) is 0.693. The standard InChI is InChI=1S/C11H14BrNO5/c1-6-8(12)4-7(9(14)15)5-11(6,10(16)17)18-3-2-13/h4H,2-3,5,13H2,1H3,(H,14,15)(H,16,17). The molecule has 1 aliphatic carbocycles. The zero-order chi connectivity index (χ0) is 13.9. The Morgan fingerprint density at radius 2 is 2.17 bits per heavy atom. The van der Waals surface area contributed by atoms with E-state index in [1.54, 1.807) is 6.92 Å². The molecule has 0 amide bonds. The van der Waals surface area contributed by atoms with Crippen molar-refractivity contribution in [1.29, 1.82) is 0 Å². The maximum Gasteiger partial charge on any atom is 0.340 e. The molecule has 0 spiro atoms. The number of halogens is 1. The summed E-state index contributed by atoms with van der Waals surface area (Å²) in [5.41, 5.74) is 4.04. The molecule has 0 saturated carbocycles. The first-order chi connectivity index (χ1) is 8.35. The van der Waals surface area contributed by atoms with Gasteiger partial charge >= 0.3 is 11.9 Å². The zero-order valence-electron chi connectivity index (χ0n) is 9.77. The van der Waals surface area contributed by atoms with Crippen LogP contribution in [0.25, 0.3) is 0 Å². The Kier molecular flexibility index (Phi) is 4.66. The number of carboxylic acids is 2. The molecule has 1 unspecified atom stereocenters. The van der Waals surface area contributed by atoms with E-state index in [0.717, 1.165) is 0 Å². The molecule has 18 heavy (non-hydrogen) atoms. The van der Waals surface area contributed by atoms with E-state index in [1.165, 1.54) is 6.08 Å². The van der Waals surface area contributed by atoms with Gasteiger partial charge in [0.2, 0.25) is 0 Å². The number of aliphatic carboxylic acids is 2. The van der Waals surface area contributed by atoms with Gasteiger partial charge in [0, 0.05) is 23.0 Å². The summed E-state index contributed by atoms with van der Waals surface area (Å²) in [6.45, 7) is 1.78. The molecule has 0 radical (unpaired) electrons. The summed E-state index contributed by atoms with van der Waals surface area (Å²) in [5.74, 6) is -2.39. The van der Waals surface area contributed by atoms with Gasteiger partial charge in [0.1, 0.15) is 0 Å². The molecule has 0 aliphatic heterocycles. The van der Waals surface area contributed by atoms with Gasteiger partial charge in [0.15, 0.2) is 5.60 Å². The largest absolute Gasteiger partial charge is 0.479 e. The van der Waals surface area contributed by atoms with Crippen LogP contribution in [-0.4, -0.2) is 40.9 Å². The highest BCUT2D eigenvalue weighted by molar-refractivity contribution is 9.11. The number of allylic oxidation sites excluding steroid dienone is 2. The van der Waals surface area contributed by atoms with Crippen molar-refractivity contribution < 1.29 is 24.5 Å². The van der Waals surface area contributed by atoms with E-state index in [2.05, 4.69) is 15.9 Å². The Morgan fingerprint density at radius 3 is 2.61 bits per heavy atom. The van der Waals surface area contributed by atoms with Gasteiger partial charge in [0.05, 0.1) is 6.61 Å². The zero-order valence-corrected chi connectivity index (χ0v) is 11.4. The molecule has 1 aliphatic rings. The van der Waals surface area contributed by atoms with Crippen LogP contribution >= 0.6 is 15.9 Å². The first kappa shape index (κ1) is 14.9. The fourth-order valence-corrected chi connectivity index (χ4v) is 2.33. The predicted octanol–water partition coefficient (Wildman–Crippen LogP) is 0.869. The summed E-state index contributed by atoms with van der Waals surface area (Å²) in [6, 6.07) is 0. The molecule has 100 valence electrons. The third kappa shape index (κ3) is 2.63. The first-order valence-corrected chi connectivity index (χ1v) is 6.02. The Morgan fingerprint density at radius 1 is 1.56 bits per heavy atom. The van der Waals surface area contributed by atoms with Crippen LogP contribution in [0.1, 0.15) is 13.3 Å². The molecule has 0 saturated heterocycles. The van der Waals surface area contributed by atoms with E-state index >= 15 is 0 Å². The van der Waals surface area contributed by atoms with Gasteiger partial charge in [-0.3, -0.25) is 0 Å². The second-order valence-electron chi connectivity index (χ2n) is 3.89. The molecular formula is C11H14BrNO5.